The quantitative estimate of drug-likeness (QED) is 0.480. The predicted octanol–water partition coefficient (Wildman–Crippen LogP) is 1.69. The van der Waals surface area contributed by atoms with Crippen molar-refractivity contribution in [2.45, 2.75) is 32.2 Å². The van der Waals surface area contributed by atoms with Crippen LogP contribution < -0.4 is 16.2 Å². The maximum atomic E-state index is 11.3. The molecule has 1 aromatic heterocycles. The van der Waals surface area contributed by atoms with Gasteiger partial charge in [0.15, 0.2) is 4.77 Å². The van der Waals surface area contributed by atoms with Crippen LogP contribution in [0.1, 0.15) is 32.2 Å². The molecule has 0 aliphatic heterocycles. The van der Waals surface area contributed by atoms with Gasteiger partial charge in [-0.25, -0.2) is 0 Å². The molecule has 0 spiro atoms. The molecule has 1 aromatic rings. The molecule has 20 heavy (non-hydrogen) atoms. The lowest BCUT2D eigenvalue weighted by molar-refractivity contribution is 0.301. The van der Waals surface area contributed by atoms with Crippen molar-refractivity contribution in [3.8, 4) is 0 Å². The highest BCUT2D eigenvalue weighted by Crippen LogP contribution is 2.25. The Morgan fingerprint density at radius 1 is 1.30 bits per heavy atom. The smallest absolute Gasteiger partial charge is 0.251 e. The summed E-state index contributed by atoms with van der Waals surface area (Å²) in [5.41, 5.74) is -0.136. The van der Waals surface area contributed by atoms with Crippen LogP contribution in [0.2, 0.25) is 0 Å². The van der Waals surface area contributed by atoms with E-state index >= 15 is 0 Å². The van der Waals surface area contributed by atoms with Gasteiger partial charge in [0, 0.05) is 18.3 Å². The Kier molecular flexibility index (Phi) is 7.72. The van der Waals surface area contributed by atoms with E-state index < -0.39 is 0 Å². The first-order valence-electron chi connectivity index (χ1n) is 7.20. The third-order valence-corrected chi connectivity index (χ3v) is 3.95. The van der Waals surface area contributed by atoms with Crippen molar-refractivity contribution in [2.24, 2.45) is 5.92 Å². The van der Waals surface area contributed by atoms with Gasteiger partial charge in [-0.15, -0.1) is 0 Å². The number of nitrogens with zero attached hydrogens (tertiary/aromatic N) is 1. The van der Waals surface area contributed by atoms with Gasteiger partial charge in [-0.2, -0.15) is 0 Å². The van der Waals surface area contributed by atoms with Crippen LogP contribution in [0.25, 0.3) is 0 Å². The molecule has 0 saturated carbocycles. The van der Waals surface area contributed by atoms with Crippen LogP contribution in [0, 0.1) is 10.7 Å². The van der Waals surface area contributed by atoms with E-state index in [1.54, 1.807) is 6.07 Å². The standard InChI is InChI=1S/C14H26N4OS/c1-11(6-9-16-3)12(5-4-8-15-2)18-10-7-13(19)17-14(18)20/h7,10-12,15-16H,4-6,8-9H2,1-3H3,(H,17,19,20). The third-order valence-electron chi connectivity index (χ3n) is 3.64. The fourth-order valence-electron chi connectivity index (χ4n) is 2.44. The number of hydrogen-bond acceptors (Lipinski definition) is 4. The average Bonchev–Trinajstić information content (AvgIpc) is 2.42. The second-order valence-corrected chi connectivity index (χ2v) is 5.59. The average molecular weight is 298 g/mol. The zero-order valence-electron chi connectivity index (χ0n) is 12.6. The van der Waals surface area contributed by atoms with Crippen LogP contribution in [0.3, 0.4) is 0 Å². The number of aromatic amines is 1. The van der Waals surface area contributed by atoms with Crippen molar-refractivity contribution < 1.29 is 0 Å². The van der Waals surface area contributed by atoms with E-state index in [1.165, 1.54) is 0 Å². The number of nitrogens with one attached hydrogen (secondary N) is 3. The summed E-state index contributed by atoms with van der Waals surface area (Å²) in [4.78, 5) is 14.0. The van der Waals surface area contributed by atoms with Gasteiger partial charge in [-0.1, -0.05) is 6.92 Å². The zero-order chi connectivity index (χ0) is 15.0. The van der Waals surface area contributed by atoms with Gasteiger partial charge >= 0.3 is 0 Å². The summed E-state index contributed by atoms with van der Waals surface area (Å²) in [5, 5.41) is 6.37. The van der Waals surface area contributed by atoms with Gasteiger partial charge in [0.05, 0.1) is 0 Å². The van der Waals surface area contributed by atoms with Crippen molar-refractivity contribution in [3.05, 3.63) is 27.4 Å². The van der Waals surface area contributed by atoms with Crippen molar-refractivity contribution in [1.82, 2.24) is 20.2 Å². The minimum absolute atomic E-state index is 0.136. The maximum absolute atomic E-state index is 11.3. The molecular formula is C14H26N4OS. The molecule has 6 heteroatoms. The van der Waals surface area contributed by atoms with Crippen molar-refractivity contribution in [2.75, 3.05) is 27.2 Å². The Morgan fingerprint density at radius 2 is 2.00 bits per heavy atom. The van der Waals surface area contributed by atoms with E-state index in [0.717, 1.165) is 32.4 Å². The minimum Gasteiger partial charge on any atom is -0.322 e. The van der Waals surface area contributed by atoms with Crippen LogP contribution in [-0.4, -0.2) is 36.7 Å². The molecule has 3 N–H and O–H groups in total. The van der Waals surface area contributed by atoms with Gasteiger partial charge in [0.2, 0.25) is 0 Å². The maximum Gasteiger partial charge on any atom is 0.251 e. The second kappa shape index (κ2) is 9.05. The number of rotatable bonds is 9. The summed E-state index contributed by atoms with van der Waals surface area (Å²) >= 11 is 5.30. The Balaban J connectivity index is 2.90. The normalized spacial score (nSPS) is 14.2. The van der Waals surface area contributed by atoms with E-state index in [9.17, 15) is 4.79 Å². The molecule has 0 aliphatic carbocycles. The predicted molar refractivity (Wildman–Crippen MR) is 85.8 cm³/mol. The van der Waals surface area contributed by atoms with Gasteiger partial charge in [0.25, 0.3) is 5.56 Å². The molecule has 0 bridgehead atoms. The van der Waals surface area contributed by atoms with Crippen LogP contribution in [0.15, 0.2) is 17.1 Å². The monoisotopic (exact) mass is 298 g/mol. The second-order valence-electron chi connectivity index (χ2n) is 5.20. The summed E-state index contributed by atoms with van der Waals surface area (Å²) in [6.07, 6.45) is 5.04. The lowest BCUT2D eigenvalue weighted by Gasteiger charge is -2.27. The van der Waals surface area contributed by atoms with E-state index in [2.05, 4.69) is 22.5 Å². The summed E-state index contributed by atoms with van der Waals surface area (Å²) in [5.74, 6) is 0.497. The van der Waals surface area contributed by atoms with Crippen molar-refractivity contribution in [1.29, 1.82) is 0 Å². The van der Waals surface area contributed by atoms with E-state index in [-0.39, 0.29) is 5.56 Å². The highest BCUT2D eigenvalue weighted by atomic mass is 32.1. The van der Waals surface area contributed by atoms with Gasteiger partial charge in [0.1, 0.15) is 0 Å². The molecule has 0 radical (unpaired) electrons. The Morgan fingerprint density at radius 3 is 2.60 bits per heavy atom. The molecule has 0 amide bonds. The van der Waals surface area contributed by atoms with E-state index in [0.29, 0.717) is 16.7 Å². The first kappa shape index (κ1) is 17.1. The molecule has 0 fully saturated rings. The van der Waals surface area contributed by atoms with Crippen LogP contribution >= 0.6 is 12.2 Å². The summed E-state index contributed by atoms with van der Waals surface area (Å²) in [6, 6.07) is 1.87. The SMILES string of the molecule is CNCCCC(C(C)CCNC)n1ccc(=O)[nH]c1=S. The molecule has 0 aliphatic rings. The molecule has 1 heterocycles. The van der Waals surface area contributed by atoms with Crippen molar-refractivity contribution >= 4 is 12.2 Å². The number of aromatic nitrogens is 2. The van der Waals surface area contributed by atoms with Gasteiger partial charge < -0.3 is 15.2 Å². The van der Waals surface area contributed by atoms with Crippen LogP contribution in [0.4, 0.5) is 0 Å². The number of hydrogen-bond donors (Lipinski definition) is 3. The Bertz CT molecular complexity index is 496. The fourth-order valence-corrected chi connectivity index (χ4v) is 2.74. The zero-order valence-corrected chi connectivity index (χ0v) is 13.4. The van der Waals surface area contributed by atoms with Crippen molar-refractivity contribution in [3.63, 3.8) is 0 Å². The van der Waals surface area contributed by atoms with E-state index in [1.807, 2.05) is 24.9 Å². The molecule has 0 saturated heterocycles. The van der Waals surface area contributed by atoms with Crippen LogP contribution in [0.5, 0.6) is 0 Å². The number of H-pyrrole nitrogens is 1. The minimum atomic E-state index is -0.136. The first-order valence-corrected chi connectivity index (χ1v) is 7.61. The largest absolute Gasteiger partial charge is 0.322 e. The molecular weight excluding hydrogens is 272 g/mol. The molecule has 2 unspecified atom stereocenters. The molecule has 0 aromatic carbocycles. The van der Waals surface area contributed by atoms with Gasteiger partial charge in [-0.05, 0) is 64.6 Å². The summed E-state index contributed by atoms with van der Waals surface area (Å²) < 4.78 is 2.55. The van der Waals surface area contributed by atoms with E-state index in [4.69, 9.17) is 12.2 Å². The Hall–Kier alpha value is -0.980. The summed E-state index contributed by atoms with van der Waals surface area (Å²) in [6.45, 7) is 4.22. The van der Waals surface area contributed by atoms with Crippen LogP contribution in [-0.2, 0) is 0 Å². The highest BCUT2D eigenvalue weighted by Gasteiger charge is 2.18. The van der Waals surface area contributed by atoms with Gasteiger partial charge in [-0.3, -0.25) is 9.78 Å². The first-order chi connectivity index (χ1) is 9.60. The fraction of sp³-hybridized carbons (Fsp3) is 0.714. The third kappa shape index (κ3) is 5.19. The Labute approximate surface area is 125 Å². The topological polar surface area (TPSA) is 61.9 Å². The molecule has 114 valence electrons. The summed E-state index contributed by atoms with van der Waals surface area (Å²) in [7, 11) is 3.93. The highest BCUT2D eigenvalue weighted by molar-refractivity contribution is 7.71. The molecule has 5 nitrogen and oxygen atoms in total. The molecule has 1 rings (SSSR count). The molecule has 2 atom stereocenters. The lowest BCUT2D eigenvalue weighted by Crippen LogP contribution is -2.24. The lowest BCUT2D eigenvalue weighted by atomic mass is 9.94.